The number of rotatable bonds is 1. The minimum absolute atomic E-state index is 0. The Labute approximate surface area is 109 Å². The Bertz CT molecular complexity index is 247. The van der Waals surface area contributed by atoms with Crippen molar-refractivity contribution >= 4 is 18.3 Å². The maximum Gasteiger partial charge on any atom is 0.239 e. The molecule has 2 saturated heterocycles. The molecule has 2 fully saturated rings. The third-order valence-corrected chi connectivity index (χ3v) is 3.34. The average Bonchev–Trinajstić information content (AvgIpc) is 2.28. The van der Waals surface area contributed by atoms with Crippen LogP contribution in [-0.2, 0) is 9.53 Å². The molecular formula is C12H23ClN2O2. The second-order valence-electron chi connectivity index (χ2n) is 5.00. The number of nitrogens with zero attached hydrogens (tertiary/aromatic N) is 1. The summed E-state index contributed by atoms with van der Waals surface area (Å²) >= 11 is 0. The number of carbonyl (C=O) groups is 1. The van der Waals surface area contributed by atoms with Crippen LogP contribution in [0.15, 0.2) is 0 Å². The van der Waals surface area contributed by atoms with E-state index in [1.54, 1.807) is 0 Å². The van der Waals surface area contributed by atoms with Crippen molar-refractivity contribution in [3.8, 4) is 0 Å². The van der Waals surface area contributed by atoms with Crippen molar-refractivity contribution < 1.29 is 9.53 Å². The molecule has 2 unspecified atom stereocenters. The molecule has 0 aliphatic carbocycles. The molecule has 3 atom stereocenters. The van der Waals surface area contributed by atoms with Gasteiger partial charge in [-0.3, -0.25) is 4.79 Å². The molecule has 2 rings (SSSR count). The van der Waals surface area contributed by atoms with E-state index in [9.17, 15) is 4.79 Å². The molecule has 2 aliphatic rings. The third kappa shape index (κ3) is 3.83. The van der Waals surface area contributed by atoms with Crippen LogP contribution in [0.5, 0.6) is 0 Å². The molecule has 0 aromatic heterocycles. The monoisotopic (exact) mass is 262 g/mol. The van der Waals surface area contributed by atoms with Crippen molar-refractivity contribution in [2.75, 3.05) is 19.6 Å². The lowest BCUT2D eigenvalue weighted by Gasteiger charge is -2.38. The quantitative estimate of drug-likeness (QED) is 0.772. The van der Waals surface area contributed by atoms with Gasteiger partial charge in [0.2, 0.25) is 5.91 Å². The van der Waals surface area contributed by atoms with Crippen LogP contribution in [-0.4, -0.2) is 48.7 Å². The second kappa shape index (κ2) is 6.57. The van der Waals surface area contributed by atoms with Gasteiger partial charge in [0.15, 0.2) is 0 Å². The minimum atomic E-state index is 0. The Morgan fingerprint density at radius 3 is 2.41 bits per heavy atom. The summed E-state index contributed by atoms with van der Waals surface area (Å²) in [5.41, 5.74) is 0. The van der Waals surface area contributed by atoms with Gasteiger partial charge in [-0.2, -0.15) is 0 Å². The number of carbonyl (C=O) groups excluding carboxylic acids is 1. The lowest BCUT2D eigenvalue weighted by molar-refractivity contribution is -0.145. The Kier molecular flexibility index (Phi) is 5.70. The highest BCUT2D eigenvalue weighted by molar-refractivity contribution is 5.85. The maximum atomic E-state index is 12.3. The fourth-order valence-corrected chi connectivity index (χ4v) is 2.64. The van der Waals surface area contributed by atoms with Gasteiger partial charge in [0, 0.05) is 13.1 Å². The fourth-order valence-electron chi connectivity index (χ4n) is 2.64. The van der Waals surface area contributed by atoms with Crippen molar-refractivity contribution in [2.24, 2.45) is 0 Å². The molecule has 0 bridgehead atoms. The predicted molar refractivity (Wildman–Crippen MR) is 69.5 cm³/mol. The smallest absolute Gasteiger partial charge is 0.239 e. The van der Waals surface area contributed by atoms with Gasteiger partial charge in [-0.05, 0) is 33.2 Å². The Hall–Kier alpha value is -0.320. The highest BCUT2D eigenvalue weighted by Gasteiger charge is 2.30. The molecule has 1 amide bonds. The van der Waals surface area contributed by atoms with Crippen molar-refractivity contribution in [2.45, 2.75) is 51.4 Å². The Morgan fingerprint density at radius 1 is 1.24 bits per heavy atom. The highest BCUT2D eigenvalue weighted by Crippen LogP contribution is 2.15. The predicted octanol–water partition coefficient (Wildman–Crippen LogP) is 1.19. The zero-order valence-corrected chi connectivity index (χ0v) is 11.5. The summed E-state index contributed by atoms with van der Waals surface area (Å²) in [5.74, 6) is 0.265. The molecule has 0 aromatic rings. The molecule has 0 aromatic carbocycles. The largest absolute Gasteiger partial charge is 0.372 e. The number of halogens is 1. The molecular weight excluding hydrogens is 240 g/mol. The zero-order chi connectivity index (χ0) is 11.5. The van der Waals surface area contributed by atoms with E-state index in [2.05, 4.69) is 5.32 Å². The first-order chi connectivity index (χ1) is 7.66. The molecule has 0 saturated carbocycles. The number of amides is 1. The SMILES string of the molecule is CC1CN(C(=O)[C@H]2CCCCN2)CC(C)O1.Cl. The van der Waals surface area contributed by atoms with Gasteiger partial charge < -0.3 is 15.0 Å². The van der Waals surface area contributed by atoms with Crippen LogP contribution in [0.1, 0.15) is 33.1 Å². The average molecular weight is 263 g/mol. The van der Waals surface area contributed by atoms with Crippen LogP contribution < -0.4 is 5.32 Å². The highest BCUT2D eigenvalue weighted by atomic mass is 35.5. The first-order valence-corrected chi connectivity index (χ1v) is 6.34. The molecule has 2 aliphatic heterocycles. The summed E-state index contributed by atoms with van der Waals surface area (Å²) in [6.07, 6.45) is 3.67. The van der Waals surface area contributed by atoms with Crippen LogP contribution in [0.2, 0.25) is 0 Å². The summed E-state index contributed by atoms with van der Waals surface area (Å²) in [4.78, 5) is 14.2. The van der Waals surface area contributed by atoms with Crippen LogP contribution in [0.4, 0.5) is 0 Å². The van der Waals surface area contributed by atoms with Crippen LogP contribution in [0.25, 0.3) is 0 Å². The van der Waals surface area contributed by atoms with E-state index in [1.165, 1.54) is 12.8 Å². The molecule has 5 heteroatoms. The summed E-state index contributed by atoms with van der Waals surface area (Å²) < 4.78 is 5.64. The van der Waals surface area contributed by atoms with Crippen LogP contribution in [0.3, 0.4) is 0 Å². The van der Waals surface area contributed by atoms with E-state index in [-0.39, 0.29) is 36.6 Å². The van der Waals surface area contributed by atoms with Crippen molar-refractivity contribution in [3.05, 3.63) is 0 Å². The van der Waals surface area contributed by atoms with E-state index in [4.69, 9.17) is 4.74 Å². The lowest BCUT2D eigenvalue weighted by Crippen LogP contribution is -2.55. The summed E-state index contributed by atoms with van der Waals surface area (Å²) in [7, 11) is 0. The van der Waals surface area contributed by atoms with Crippen LogP contribution in [0, 0.1) is 0 Å². The van der Waals surface area contributed by atoms with Gasteiger partial charge in [0.1, 0.15) is 0 Å². The van der Waals surface area contributed by atoms with Crippen molar-refractivity contribution in [1.29, 1.82) is 0 Å². The zero-order valence-electron chi connectivity index (χ0n) is 10.6. The molecule has 0 spiro atoms. The fraction of sp³-hybridized carbons (Fsp3) is 0.917. The number of hydrogen-bond acceptors (Lipinski definition) is 3. The van der Waals surface area contributed by atoms with E-state index >= 15 is 0 Å². The van der Waals surface area contributed by atoms with Gasteiger partial charge in [0.05, 0.1) is 18.2 Å². The number of hydrogen-bond donors (Lipinski definition) is 1. The first-order valence-electron chi connectivity index (χ1n) is 6.34. The molecule has 100 valence electrons. The standard InChI is InChI=1S/C12H22N2O2.ClH/c1-9-7-14(8-10(2)16-9)12(15)11-5-3-4-6-13-11;/h9-11,13H,3-8H2,1-2H3;1H/t9?,10?,11-;/m1./s1. The molecule has 0 radical (unpaired) electrons. The summed E-state index contributed by atoms with van der Waals surface area (Å²) in [6, 6.07) is 0.0475. The first kappa shape index (κ1) is 14.7. The topological polar surface area (TPSA) is 41.6 Å². The molecule has 2 heterocycles. The Balaban J connectivity index is 0.00000144. The lowest BCUT2D eigenvalue weighted by atomic mass is 10.0. The number of nitrogens with one attached hydrogen (secondary N) is 1. The van der Waals surface area contributed by atoms with E-state index < -0.39 is 0 Å². The van der Waals surface area contributed by atoms with E-state index in [0.29, 0.717) is 0 Å². The second-order valence-corrected chi connectivity index (χ2v) is 5.00. The normalized spacial score (nSPS) is 34.0. The molecule has 17 heavy (non-hydrogen) atoms. The maximum absolute atomic E-state index is 12.3. The van der Waals surface area contributed by atoms with Gasteiger partial charge in [-0.15, -0.1) is 12.4 Å². The number of ether oxygens (including phenoxy) is 1. The number of piperidine rings is 1. The summed E-state index contributed by atoms with van der Waals surface area (Å²) in [5, 5.41) is 3.31. The van der Waals surface area contributed by atoms with Crippen molar-refractivity contribution in [1.82, 2.24) is 10.2 Å². The molecule has 4 nitrogen and oxygen atoms in total. The van der Waals surface area contributed by atoms with Gasteiger partial charge in [-0.25, -0.2) is 0 Å². The minimum Gasteiger partial charge on any atom is -0.372 e. The third-order valence-electron chi connectivity index (χ3n) is 3.34. The van der Waals surface area contributed by atoms with Crippen molar-refractivity contribution in [3.63, 3.8) is 0 Å². The van der Waals surface area contributed by atoms with Gasteiger partial charge in [-0.1, -0.05) is 6.42 Å². The number of morpholine rings is 1. The van der Waals surface area contributed by atoms with Crippen LogP contribution >= 0.6 is 12.4 Å². The van der Waals surface area contributed by atoms with E-state index in [0.717, 1.165) is 26.1 Å². The molecule has 1 N–H and O–H groups in total. The van der Waals surface area contributed by atoms with E-state index in [1.807, 2.05) is 18.7 Å². The summed E-state index contributed by atoms with van der Waals surface area (Å²) in [6.45, 7) is 6.52. The van der Waals surface area contributed by atoms with Gasteiger partial charge in [0.25, 0.3) is 0 Å². The van der Waals surface area contributed by atoms with Gasteiger partial charge >= 0.3 is 0 Å². The Morgan fingerprint density at radius 2 is 1.88 bits per heavy atom.